The highest BCUT2D eigenvalue weighted by atomic mass is 16.7. The highest BCUT2D eigenvalue weighted by molar-refractivity contribution is 5.67. The molecule has 0 bridgehead atoms. The van der Waals surface area contributed by atoms with Crippen molar-refractivity contribution in [1.29, 1.82) is 0 Å². The quantitative estimate of drug-likeness (QED) is 0.833. The van der Waals surface area contributed by atoms with Crippen molar-refractivity contribution >= 4 is 6.09 Å². The van der Waals surface area contributed by atoms with Crippen molar-refractivity contribution in [2.24, 2.45) is 0 Å². The number of nitrogens with zero attached hydrogens (tertiary/aromatic N) is 2. The first kappa shape index (κ1) is 13.8. The summed E-state index contributed by atoms with van der Waals surface area (Å²) in [4.78, 5) is 19.0. The average molecular weight is 264 g/mol. The third-order valence-corrected chi connectivity index (χ3v) is 3.01. The first-order valence-electron chi connectivity index (χ1n) is 6.63. The van der Waals surface area contributed by atoms with Crippen LogP contribution < -0.4 is 0 Å². The van der Waals surface area contributed by atoms with Crippen molar-refractivity contribution in [3.05, 3.63) is 35.9 Å². The summed E-state index contributed by atoms with van der Waals surface area (Å²) in [5.41, 5.74) is 1.00. The maximum absolute atomic E-state index is 11.9. The van der Waals surface area contributed by atoms with Crippen LogP contribution >= 0.6 is 0 Å². The fourth-order valence-electron chi connectivity index (χ4n) is 1.99. The molecule has 1 saturated heterocycles. The Hall–Kier alpha value is -1.59. The lowest BCUT2D eigenvalue weighted by Crippen LogP contribution is -2.48. The lowest BCUT2D eigenvalue weighted by atomic mass is 10.2. The summed E-state index contributed by atoms with van der Waals surface area (Å²) in [7, 11) is 0. The van der Waals surface area contributed by atoms with Gasteiger partial charge in [0.1, 0.15) is 6.61 Å². The zero-order chi connectivity index (χ0) is 13.5. The van der Waals surface area contributed by atoms with Gasteiger partial charge < -0.3 is 9.64 Å². The monoisotopic (exact) mass is 264 g/mol. The standard InChI is InChI=1S/C14H20N2O3/c1-2-19-16-10-8-15(9-11-16)14(17)18-12-13-6-4-3-5-7-13/h3-7H,2,8-12H2,1H3. The van der Waals surface area contributed by atoms with E-state index in [0.717, 1.165) is 18.7 Å². The number of piperazine rings is 1. The molecule has 1 aromatic carbocycles. The second-order valence-corrected chi connectivity index (χ2v) is 4.37. The molecule has 1 heterocycles. The Balaban J connectivity index is 1.73. The van der Waals surface area contributed by atoms with Crippen LogP contribution in [0.1, 0.15) is 12.5 Å². The van der Waals surface area contributed by atoms with Gasteiger partial charge in [-0.1, -0.05) is 30.3 Å². The van der Waals surface area contributed by atoms with E-state index in [9.17, 15) is 4.79 Å². The van der Waals surface area contributed by atoms with Crippen LogP contribution in [0.25, 0.3) is 0 Å². The first-order chi connectivity index (χ1) is 9.29. The molecule has 1 fully saturated rings. The molecular formula is C14H20N2O3. The zero-order valence-corrected chi connectivity index (χ0v) is 11.2. The molecule has 1 amide bonds. The Bertz CT molecular complexity index is 389. The molecule has 104 valence electrons. The number of hydrogen-bond donors (Lipinski definition) is 0. The Labute approximate surface area is 113 Å². The van der Waals surface area contributed by atoms with Crippen molar-refractivity contribution in [2.75, 3.05) is 32.8 Å². The number of amides is 1. The van der Waals surface area contributed by atoms with E-state index < -0.39 is 0 Å². The van der Waals surface area contributed by atoms with E-state index in [1.54, 1.807) is 4.90 Å². The second-order valence-electron chi connectivity index (χ2n) is 4.37. The molecule has 0 aromatic heterocycles. The number of benzene rings is 1. The largest absolute Gasteiger partial charge is 0.445 e. The van der Waals surface area contributed by atoms with Gasteiger partial charge in [-0.2, -0.15) is 5.06 Å². The second kappa shape index (κ2) is 7.11. The van der Waals surface area contributed by atoms with E-state index >= 15 is 0 Å². The van der Waals surface area contributed by atoms with Crippen LogP contribution in [0.5, 0.6) is 0 Å². The molecular weight excluding hydrogens is 244 g/mol. The smallest absolute Gasteiger partial charge is 0.410 e. The fraction of sp³-hybridized carbons (Fsp3) is 0.500. The maximum Gasteiger partial charge on any atom is 0.410 e. The zero-order valence-electron chi connectivity index (χ0n) is 11.2. The molecule has 1 aliphatic heterocycles. The molecule has 0 radical (unpaired) electrons. The van der Waals surface area contributed by atoms with Crippen LogP contribution in [-0.2, 0) is 16.2 Å². The highest BCUT2D eigenvalue weighted by Crippen LogP contribution is 2.07. The van der Waals surface area contributed by atoms with E-state index in [-0.39, 0.29) is 6.09 Å². The van der Waals surface area contributed by atoms with Crippen molar-refractivity contribution < 1.29 is 14.4 Å². The summed E-state index contributed by atoms with van der Waals surface area (Å²) in [6.45, 7) is 5.70. The van der Waals surface area contributed by atoms with E-state index in [2.05, 4.69) is 0 Å². The average Bonchev–Trinajstić information content (AvgIpc) is 2.47. The van der Waals surface area contributed by atoms with Crippen molar-refractivity contribution in [1.82, 2.24) is 9.96 Å². The van der Waals surface area contributed by atoms with Crippen molar-refractivity contribution in [2.45, 2.75) is 13.5 Å². The summed E-state index contributed by atoms with van der Waals surface area (Å²) >= 11 is 0. The van der Waals surface area contributed by atoms with Crippen LogP contribution in [0, 0.1) is 0 Å². The first-order valence-corrected chi connectivity index (χ1v) is 6.63. The Kier molecular flexibility index (Phi) is 5.18. The fourth-order valence-corrected chi connectivity index (χ4v) is 1.99. The Morgan fingerprint density at radius 1 is 1.16 bits per heavy atom. The molecule has 0 aliphatic carbocycles. The lowest BCUT2D eigenvalue weighted by Gasteiger charge is -2.32. The van der Waals surface area contributed by atoms with Gasteiger partial charge in [0.2, 0.25) is 0 Å². The predicted octanol–water partition coefficient (Wildman–Crippen LogP) is 1.89. The number of rotatable bonds is 4. The molecule has 0 N–H and O–H groups in total. The minimum absolute atomic E-state index is 0.250. The molecule has 5 nitrogen and oxygen atoms in total. The number of carbonyl (C=O) groups is 1. The van der Waals surface area contributed by atoms with Crippen LogP contribution in [0.15, 0.2) is 30.3 Å². The molecule has 0 unspecified atom stereocenters. The lowest BCUT2D eigenvalue weighted by molar-refractivity contribution is -0.170. The Morgan fingerprint density at radius 3 is 2.47 bits per heavy atom. The molecule has 0 spiro atoms. The highest BCUT2D eigenvalue weighted by Gasteiger charge is 2.22. The number of hydroxylamine groups is 2. The van der Waals surface area contributed by atoms with E-state index in [1.807, 2.05) is 42.3 Å². The summed E-state index contributed by atoms with van der Waals surface area (Å²) in [5, 5.41) is 1.89. The van der Waals surface area contributed by atoms with Gasteiger partial charge in [0, 0.05) is 26.2 Å². The molecule has 0 saturated carbocycles. The molecule has 0 atom stereocenters. The van der Waals surface area contributed by atoms with Gasteiger partial charge in [-0.3, -0.25) is 4.84 Å². The third kappa shape index (κ3) is 4.22. The topological polar surface area (TPSA) is 42.0 Å². The SMILES string of the molecule is CCON1CCN(C(=O)OCc2ccccc2)CC1. The summed E-state index contributed by atoms with van der Waals surface area (Å²) in [5.74, 6) is 0. The minimum atomic E-state index is -0.250. The Morgan fingerprint density at radius 2 is 1.84 bits per heavy atom. The van der Waals surface area contributed by atoms with Gasteiger partial charge in [0.05, 0.1) is 6.61 Å². The van der Waals surface area contributed by atoms with Crippen molar-refractivity contribution in [3.8, 4) is 0 Å². The van der Waals surface area contributed by atoms with Crippen molar-refractivity contribution in [3.63, 3.8) is 0 Å². The molecule has 2 rings (SSSR count). The molecule has 1 aliphatic rings. The van der Waals surface area contributed by atoms with Gasteiger partial charge in [0.15, 0.2) is 0 Å². The van der Waals surface area contributed by atoms with Crippen LogP contribution in [0.2, 0.25) is 0 Å². The number of carbonyl (C=O) groups excluding carboxylic acids is 1. The van der Waals surface area contributed by atoms with Gasteiger partial charge in [0.25, 0.3) is 0 Å². The normalized spacial score (nSPS) is 16.4. The van der Waals surface area contributed by atoms with E-state index in [1.165, 1.54) is 0 Å². The molecule has 5 heteroatoms. The van der Waals surface area contributed by atoms with Crippen LogP contribution in [0.4, 0.5) is 4.79 Å². The van der Waals surface area contributed by atoms with E-state index in [0.29, 0.717) is 26.3 Å². The predicted molar refractivity (Wildman–Crippen MR) is 71.4 cm³/mol. The van der Waals surface area contributed by atoms with E-state index in [4.69, 9.17) is 9.57 Å². The summed E-state index contributed by atoms with van der Waals surface area (Å²) in [6, 6.07) is 9.70. The molecule has 19 heavy (non-hydrogen) atoms. The molecule has 1 aromatic rings. The number of hydrogen-bond acceptors (Lipinski definition) is 4. The van der Waals surface area contributed by atoms with Gasteiger partial charge in [-0.15, -0.1) is 0 Å². The van der Waals surface area contributed by atoms with Crippen LogP contribution in [-0.4, -0.2) is 48.8 Å². The van der Waals surface area contributed by atoms with Gasteiger partial charge in [-0.25, -0.2) is 4.79 Å². The van der Waals surface area contributed by atoms with Crippen LogP contribution in [0.3, 0.4) is 0 Å². The summed E-state index contributed by atoms with van der Waals surface area (Å²) in [6.07, 6.45) is -0.250. The maximum atomic E-state index is 11.9. The summed E-state index contributed by atoms with van der Waals surface area (Å²) < 4.78 is 5.29. The number of ether oxygens (including phenoxy) is 1. The third-order valence-electron chi connectivity index (χ3n) is 3.01. The van der Waals surface area contributed by atoms with Gasteiger partial charge >= 0.3 is 6.09 Å². The minimum Gasteiger partial charge on any atom is -0.445 e. The van der Waals surface area contributed by atoms with Gasteiger partial charge in [-0.05, 0) is 12.5 Å².